The number of carboxylic acid groups (broad SMARTS) is 2. The van der Waals surface area contributed by atoms with Gasteiger partial charge in [-0.25, -0.2) is 4.79 Å². The second-order valence-corrected chi connectivity index (χ2v) is 13.2. The molecule has 0 bridgehead atoms. The number of nitrogens with zero attached hydrogens (tertiary/aromatic N) is 1. The minimum absolute atomic E-state index is 0.0688. The number of Topliss-reactive ketones (excluding diaryl/α,β-unsaturated/α-hetero) is 1. The number of ether oxygens (including phenoxy) is 1. The van der Waals surface area contributed by atoms with Crippen LogP contribution in [0, 0.1) is 0 Å². The summed E-state index contributed by atoms with van der Waals surface area (Å²) in [4.78, 5) is 98.0. The van der Waals surface area contributed by atoms with Gasteiger partial charge in [-0.2, -0.15) is 0 Å². The molecule has 0 saturated carbocycles. The van der Waals surface area contributed by atoms with Crippen LogP contribution in [-0.2, 0) is 46.4 Å². The molecule has 3 rings (SSSR count). The summed E-state index contributed by atoms with van der Waals surface area (Å²) in [5.74, 6) is -5.55. The van der Waals surface area contributed by atoms with Crippen LogP contribution in [0.5, 0.6) is 5.75 Å². The number of guanidine groups is 1. The summed E-state index contributed by atoms with van der Waals surface area (Å²) in [7, 11) is 0. The number of ketones is 1. The molecule has 1 aromatic heterocycles. The summed E-state index contributed by atoms with van der Waals surface area (Å²) in [6.07, 6.45) is 2.09. The zero-order valence-corrected chi connectivity index (χ0v) is 35.3. The van der Waals surface area contributed by atoms with Crippen molar-refractivity contribution >= 4 is 81.2 Å². The number of rotatable bonds is 24. The minimum atomic E-state index is -1.62. The number of hydrogen-bond donors (Lipinski definition) is 9. The first-order valence-corrected chi connectivity index (χ1v) is 21.1. The van der Waals surface area contributed by atoms with Crippen molar-refractivity contribution in [3.63, 3.8) is 0 Å². The Labute approximate surface area is 350 Å². The van der Waals surface area contributed by atoms with Gasteiger partial charge in [0.05, 0.1) is 6.42 Å². The molecule has 0 fully saturated rings. The fraction of sp³-hybridized carbons (Fsp3) is 0.436. The molecule has 1 heterocycles. The number of H-pyrrole nitrogens is 1. The molecule has 314 valence electrons. The molecule has 18 nitrogen and oxygen atoms in total. The van der Waals surface area contributed by atoms with Crippen LogP contribution in [0.2, 0.25) is 4.87 Å². The van der Waals surface area contributed by atoms with Gasteiger partial charge in [-0.3, -0.25) is 33.8 Å². The quantitative estimate of drug-likeness (QED) is 0.0262. The van der Waals surface area contributed by atoms with Crippen LogP contribution in [-0.4, -0.2) is 123 Å². The number of aliphatic carboxylic acids is 2. The third-order valence-corrected chi connectivity index (χ3v) is 8.56. The number of hydrogen-bond acceptors (Lipinski definition) is 9. The van der Waals surface area contributed by atoms with E-state index in [9.17, 15) is 38.7 Å². The Morgan fingerprint density at radius 2 is 1.43 bits per heavy atom. The van der Waals surface area contributed by atoms with Crippen LogP contribution >= 0.6 is 0 Å². The second kappa shape index (κ2) is 25.6. The predicted molar refractivity (Wildman–Crippen MR) is 217 cm³/mol. The molecule has 0 saturated heterocycles. The number of amides is 4. The molecular formula is C39H53N8O10Sb. The first-order chi connectivity index (χ1) is 27.6. The molecule has 0 aliphatic carbocycles. The van der Waals surface area contributed by atoms with Crippen molar-refractivity contribution in [2.24, 2.45) is 16.5 Å². The number of nitrogens with two attached hydrogens (primary N) is 2. The SMILES string of the molecule is CCC(=O)NC(CCCCN=C(N)N)C(=O)NC(Cc1ccc(OCC(=O)O)cc1)C(=O)NC(CC(=O)O)C(=O)NC(CC(C)=O)Cc1c[nH]c2ccccc12.[CH3][Sb]. The average Bonchev–Trinajstić information content (AvgIpc) is 3.58. The zero-order valence-electron chi connectivity index (χ0n) is 32.8. The van der Waals surface area contributed by atoms with Gasteiger partial charge in [-0.05, 0) is 61.9 Å². The Kier molecular flexibility index (Phi) is 21.4. The molecule has 19 heteroatoms. The van der Waals surface area contributed by atoms with E-state index >= 15 is 0 Å². The maximum absolute atomic E-state index is 14.0. The average molecular weight is 916 g/mol. The fourth-order valence-electron chi connectivity index (χ4n) is 5.86. The monoisotopic (exact) mass is 914 g/mol. The summed E-state index contributed by atoms with van der Waals surface area (Å²) in [6, 6.07) is 8.68. The number of benzene rings is 2. The molecule has 0 aliphatic heterocycles. The molecule has 2 radical (unpaired) electrons. The maximum atomic E-state index is 14.0. The van der Waals surface area contributed by atoms with Crippen molar-refractivity contribution in [2.75, 3.05) is 13.2 Å². The Balaban J connectivity index is 0.00000571. The van der Waals surface area contributed by atoms with Crippen molar-refractivity contribution in [3.8, 4) is 5.75 Å². The molecule has 4 unspecified atom stereocenters. The first kappa shape index (κ1) is 48.5. The number of aliphatic imine (C=N–C) groups is 1. The Morgan fingerprint density at radius 1 is 0.793 bits per heavy atom. The Morgan fingerprint density at radius 3 is 2.05 bits per heavy atom. The van der Waals surface area contributed by atoms with Crippen molar-refractivity contribution in [3.05, 3.63) is 65.9 Å². The van der Waals surface area contributed by atoms with Crippen LogP contribution in [0.3, 0.4) is 0 Å². The van der Waals surface area contributed by atoms with Gasteiger partial charge in [0.25, 0.3) is 0 Å². The van der Waals surface area contributed by atoms with E-state index in [0.717, 1.165) is 16.5 Å². The Hall–Kier alpha value is -5.64. The Bertz CT molecular complexity index is 1880. The zero-order chi connectivity index (χ0) is 43.2. The predicted octanol–water partition coefficient (Wildman–Crippen LogP) is 0.866. The van der Waals surface area contributed by atoms with Crippen LogP contribution < -0.4 is 37.5 Å². The van der Waals surface area contributed by atoms with Crippen molar-refractivity contribution in [1.29, 1.82) is 0 Å². The van der Waals surface area contributed by atoms with E-state index in [0.29, 0.717) is 18.4 Å². The molecule has 3 aromatic rings. The summed E-state index contributed by atoms with van der Waals surface area (Å²) in [6.45, 7) is 2.68. The van der Waals surface area contributed by atoms with E-state index in [1.165, 1.54) is 19.1 Å². The summed E-state index contributed by atoms with van der Waals surface area (Å²) < 4.78 is 5.18. The van der Waals surface area contributed by atoms with E-state index in [-0.39, 0.29) is 56.1 Å². The van der Waals surface area contributed by atoms with Gasteiger partial charge in [0.2, 0.25) is 23.6 Å². The van der Waals surface area contributed by atoms with E-state index in [1.54, 1.807) is 48.3 Å². The molecule has 0 aliphatic rings. The number of fused-ring (bicyclic) bond motifs is 1. The number of carbonyl (C=O) groups excluding carboxylic acids is 5. The van der Waals surface area contributed by atoms with Gasteiger partial charge in [0.1, 0.15) is 29.7 Å². The van der Waals surface area contributed by atoms with E-state index in [1.807, 2.05) is 24.3 Å². The van der Waals surface area contributed by atoms with Crippen molar-refractivity contribution in [1.82, 2.24) is 26.3 Å². The van der Waals surface area contributed by atoms with Gasteiger partial charge < -0.3 is 52.7 Å². The fourth-order valence-corrected chi connectivity index (χ4v) is 5.86. The topological polar surface area (TPSA) is 297 Å². The van der Waals surface area contributed by atoms with Crippen molar-refractivity contribution in [2.45, 2.75) is 94.3 Å². The molecule has 4 atom stereocenters. The van der Waals surface area contributed by atoms with Gasteiger partial charge >= 0.3 is 39.8 Å². The summed E-state index contributed by atoms with van der Waals surface area (Å²) in [5.41, 5.74) is 12.9. The number of carbonyl (C=O) groups is 7. The van der Waals surface area contributed by atoms with Gasteiger partial charge in [0.15, 0.2) is 12.6 Å². The van der Waals surface area contributed by atoms with Gasteiger partial charge in [0, 0.05) is 48.9 Å². The summed E-state index contributed by atoms with van der Waals surface area (Å²) in [5, 5.41) is 30.1. The molecule has 0 spiro atoms. The van der Waals surface area contributed by atoms with Gasteiger partial charge in [-0.1, -0.05) is 37.3 Å². The number of aromatic amines is 1. The number of para-hydroxylation sites is 1. The van der Waals surface area contributed by atoms with Crippen LogP contribution in [0.15, 0.2) is 59.7 Å². The normalized spacial score (nSPS) is 12.6. The van der Waals surface area contributed by atoms with Gasteiger partial charge in [-0.15, -0.1) is 0 Å². The molecule has 58 heavy (non-hydrogen) atoms. The second-order valence-electron chi connectivity index (χ2n) is 13.2. The summed E-state index contributed by atoms with van der Waals surface area (Å²) >= 11 is 1.75. The third-order valence-electron chi connectivity index (χ3n) is 8.56. The third kappa shape index (κ3) is 17.7. The first-order valence-electron chi connectivity index (χ1n) is 18.5. The number of unbranched alkanes of at least 4 members (excludes halogenated alkanes) is 1. The van der Waals surface area contributed by atoms with Crippen LogP contribution in [0.25, 0.3) is 10.9 Å². The number of nitrogens with one attached hydrogen (secondary N) is 5. The van der Waals surface area contributed by atoms with Crippen LogP contribution in [0.1, 0.15) is 63.5 Å². The molecule has 4 amide bonds. The van der Waals surface area contributed by atoms with Crippen LogP contribution in [0.4, 0.5) is 0 Å². The molecule has 2 aromatic carbocycles. The van der Waals surface area contributed by atoms with E-state index in [4.69, 9.17) is 21.3 Å². The number of aromatic nitrogens is 1. The molecular weight excluding hydrogens is 862 g/mol. The standard InChI is InChI=1S/C38H50N8O10.CH3.Sb/c1-3-32(48)44-29(10-6-7-15-41-38(39)40)35(53)45-30(17-23-11-13-26(14-12-23)56-21-34(51)52)37(55)46-31(19-33(49)50)36(54)43-25(16-22(2)47)18-24-20-42-28-9-5-4-8-27(24)28;;/h4-5,8-9,11-14,20,25,29-31,42H,3,6-7,10,15-19,21H2,1-2H3,(H,43,54)(H,44,48)(H,45,53)(H,46,55)(H,49,50)(H,51,52)(H4,39,40,41);1H3;. The van der Waals surface area contributed by atoms with E-state index < -0.39 is 72.8 Å². The van der Waals surface area contributed by atoms with E-state index in [2.05, 4.69) is 36.1 Å². The van der Waals surface area contributed by atoms with Crippen molar-refractivity contribution < 1.29 is 48.5 Å². The number of carboxylic acids is 2. The molecule has 11 N–H and O–H groups in total.